The molecule has 4 heteroatoms. The summed E-state index contributed by atoms with van der Waals surface area (Å²) >= 11 is 0. The topological polar surface area (TPSA) is 35.0 Å². The van der Waals surface area contributed by atoms with Crippen LogP contribution in [0.4, 0.5) is 4.39 Å². The second-order valence-corrected chi connectivity index (χ2v) is 2.96. The number of hydrogen-bond donors (Lipinski definition) is 0. The van der Waals surface area contributed by atoms with Crippen molar-refractivity contribution in [1.29, 1.82) is 0 Å². The van der Waals surface area contributed by atoms with Crippen molar-refractivity contribution in [3.8, 4) is 5.75 Å². The lowest BCUT2D eigenvalue weighted by atomic mass is 10.2. The Bertz CT molecular complexity index is 485. The lowest BCUT2D eigenvalue weighted by Crippen LogP contribution is -1.92. The molecule has 0 bridgehead atoms. The Morgan fingerprint density at radius 3 is 2.86 bits per heavy atom. The van der Waals surface area contributed by atoms with Crippen LogP contribution in [0.25, 0.3) is 10.9 Å². The zero-order valence-electron chi connectivity index (χ0n) is 7.91. The third-order valence-electron chi connectivity index (χ3n) is 1.97. The number of rotatable bonds is 1. The van der Waals surface area contributed by atoms with Crippen LogP contribution in [0.15, 0.2) is 18.3 Å². The average Bonchev–Trinajstić information content (AvgIpc) is 2.16. The number of methoxy groups -OCH3 is 1. The van der Waals surface area contributed by atoms with Crippen molar-refractivity contribution in [2.45, 2.75) is 6.92 Å². The molecule has 3 nitrogen and oxygen atoms in total. The zero-order valence-corrected chi connectivity index (χ0v) is 7.91. The highest BCUT2D eigenvalue weighted by Gasteiger charge is 2.05. The number of aryl methyl sites for hydroxylation is 1. The van der Waals surface area contributed by atoms with Gasteiger partial charge in [-0.3, -0.25) is 0 Å². The van der Waals surface area contributed by atoms with E-state index in [2.05, 4.69) is 9.97 Å². The van der Waals surface area contributed by atoms with E-state index in [1.807, 2.05) is 0 Å². The van der Waals surface area contributed by atoms with Gasteiger partial charge in [0.05, 0.1) is 12.6 Å². The quantitative estimate of drug-likeness (QED) is 0.693. The molecule has 14 heavy (non-hydrogen) atoms. The first-order chi connectivity index (χ1) is 6.70. The van der Waals surface area contributed by atoms with Gasteiger partial charge in [-0.2, -0.15) is 0 Å². The molecule has 0 radical (unpaired) electrons. The Morgan fingerprint density at radius 2 is 2.14 bits per heavy atom. The van der Waals surface area contributed by atoms with Gasteiger partial charge in [0.15, 0.2) is 11.6 Å². The number of nitrogens with zero attached hydrogens (tertiary/aromatic N) is 2. The molecular formula is C10H9FN2O. The van der Waals surface area contributed by atoms with E-state index >= 15 is 0 Å². The van der Waals surface area contributed by atoms with Gasteiger partial charge in [0.2, 0.25) is 0 Å². The van der Waals surface area contributed by atoms with Crippen LogP contribution in [0.2, 0.25) is 0 Å². The van der Waals surface area contributed by atoms with E-state index in [9.17, 15) is 4.39 Å². The van der Waals surface area contributed by atoms with Crippen molar-refractivity contribution >= 4 is 10.9 Å². The van der Waals surface area contributed by atoms with Crippen LogP contribution < -0.4 is 4.74 Å². The number of fused-ring (bicyclic) bond motifs is 1. The summed E-state index contributed by atoms with van der Waals surface area (Å²) in [5, 5.41) is 0.772. The molecule has 1 aromatic carbocycles. The molecule has 0 aliphatic carbocycles. The summed E-state index contributed by atoms with van der Waals surface area (Å²) in [4.78, 5) is 8.13. The molecule has 2 rings (SSSR count). The molecule has 0 aliphatic rings. The standard InChI is InChI=1S/C10H9FN2O/c1-6-12-5-7-3-10(14-2)8(11)4-9(7)13-6/h3-5H,1-2H3. The average molecular weight is 192 g/mol. The number of halogens is 1. The van der Waals surface area contributed by atoms with Gasteiger partial charge in [0.1, 0.15) is 5.82 Å². The Balaban J connectivity index is 2.73. The summed E-state index contributed by atoms with van der Waals surface area (Å²) in [5.41, 5.74) is 0.593. The minimum Gasteiger partial charge on any atom is -0.494 e. The maximum atomic E-state index is 13.3. The zero-order chi connectivity index (χ0) is 10.1. The van der Waals surface area contributed by atoms with Crippen molar-refractivity contribution < 1.29 is 9.13 Å². The third kappa shape index (κ3) is 1.39. The predicted molar refractivity (Wildman–Crippen MR) is 50.8 cm³/mol. The normalized spacial score (nSPS) is 10.5. The van der Waals surface area contributed by atoms with Gasteiger partial charge in [-0.05, 0) is 13.0 Å². The van der Waals surface area contributed by atoms with Gasteiger partial charge in [0.25, 0.3) is 0 Å². The van der Waals surface area contributed by atoms with Gasteiger partial charge in [0, 0.05) is 17.6 Å². The molecule has 0 saturated carbocycles. The van der Waals surface area contributed by atoms with Crippen molar-refractivity contribution in [3.05, 3.63) is 30.0 Å². The lowest BCUT2D eigenvalue weighted by molar-refractivity contribution is 0.387. The number of hydrogen-bond acceptors (Lipinski definition) is 3. The fourth-order valence-corrected chi connectivity index (χ4v) is 1.28. The van der Waals surface area contributed by atoms with Crippen molar-refractivity contribution in [1.82, 2.24) is 9.97 Å². The first-order valence-corrected chi connectivity index (χ1v) is 4.17. The van der Waals surface area contributed by atoms with Crippen LogP contribution in [0.3, 0.4) is 0 Å². The highest BCUT2D eigenvalue weighted by atomic mass is 19.1. The predicted octanol–water partition coefficient (Wildman–Crippen LogP) is 2.09. The number of benzene rings is 1. The SMILES string of the molecule is COc1cc2cnc(C)nc2cc1F. The molecule has 0 saturated heterocycles. The van der Waals surface area contributed by atoms with Crippen molar-refractivity contribution in [3.63, 3.8) is 0 Å². The second-order valence-electron chi connectivity index (χ2n) is 2.96. The molecule has 0 spiro atoms. The fraction of sp³-hybridized carbons (Fsp3) is 0.200. The molecule has 0 fully saturated rings. The number of ether oxygens (including phenoxy) is 1. The summed E-state index contributed by atoms with van der Waals surface area (Å²) in [6.07, 6.45) is 1.65. The first-order valence-electron chi connectivity index (χ1n) is 4.17. The van der Waals surface area contributed by atoms with Gasteiger partial charge in [-0.25, -0.2) is 14.4 Å². The van der Waals surface area contributed by atoms with Gasteiger partial charge in [-0.1, -0.05) is 0 Å². The Labute approximate surface area is 80.6 Å². The van der Waals surface area contributed by atoms with Crippen LogP contribution in [0.5, 0.6) is 5.75 Å². The van der Waals surface area contributed by atoms with Gasteiger partial charge in [-0.15, -0.1) is 0 Å². The molecule has 2 aromatic rings. The minimum absolute atomic E-state index is 0.213. The fourth-order valence-electron chi connectivity index (χ4n) is 1.28. The molecule has 72 valence electrons. The summed E-state index contributed by atoms with van der Waals surface area (Å²) < 4.78 is 18.1. The molecule has 0 atom stereocenters. The van der Waals surface area contributed by atoms with E-state index in [4.69, 9.17) is 4.74 Å². The van der Waals surface area contributed by atoms with Crippen LogP contribution in [-0.4, -0.2) is 17.1 Å². The van der Waals surface area contributed by atoms with Crippen LogP contribution >= 0.6 is 0 Å². The monoisotopic (exact) mass is 192 g/mol. The molecule has 0 aliphatic heterocycles. The van der Waals surface area contributed by atoms with Gasteiger partial charge >= 0.3 is 0 Å². The van der Waals surface area contributed by atoms with E-state index in [0.29, 0.717) is 11.3 Å². The third-order valence-corrected chi connectivity index (χ3v) is 1.97. The Morgan fingerprint density at radius 1 is 1.36 bits per heavy atom. The summed E-state index contributed by atoms with van der Waals surface area (Å²) in [5.74, 6) is 0.435. The Hall–Kier alpha value is -1.71. The highest BCUT2D eigenvalue weighted by molar-refractivity contribution is 5.79. The Kier molecular flexibility index (Phi) is 2.04. The van der Waals surface area contributed by atoms with E-state index in [1.54, 1.807) is 19.2 Å². The highest BCUT2D eigenvalue weighted by Crippen LogP contribution is 2.22. The van der Waals surface area contributed by atoms with E-state index in [1.165, 1.54) is 13.2 Å². The van der Waals surface area contributed by atoms with Crippen molar-refractivity contribution in [2.75, 3.05) is 7.11 Å². The number of aromatic nitrogens is 2. The smallest absolute Gasteiger partial charge is 0.167 e. The summed E-state index contributed by atoms with van der Waals surface area (Å²) in [6, 6.07) is 2.94. The molecule has 0 unspecified atom stereocenters. The summed E-state index contributed by atoms with van der Waals surface area (Å²) in [7, 11) is 1.43. The molecule has 0 amide bonds. The maximum absolute atomic E-state index is 13.3. The van der Waals surface area contributed by atoms with Crippen LogP contribution in [0, 0.1) is 12.7 Å². The van der Waals surface area contributed by atoms with Crippen LogP contribution in [-0.2, 0) is 0 Å². The van der Waals surface area contributed by atoms with Crippen LogP contribution in [0.1, 0.15) is 5.82 Å². The van der Waals surface area contributed by atoms with Crippen molar-refractivity contribution in [2.24, 2.45) is 0 Å². The molecular weight excluding hydrogens is 183 g/mol. The van der Waals surface area contributed by atoms with E-state index in [-0.39, 0.29) is 5.75 Å². The van der Waals surface area contributed by atoms with E-state index < -0.39 is 5.82 Å². The molecule has 0 N–H and O–H groups in total. The van der Waals surface area contributed by atoms with E-state index in [0.717, 1.165) is 5.39 Å². The molecule has 1 heterocycles. The van der Waals surface area contributed by atoms with Gasteiger partial charge < -0.3 is 4.74 Å². The maximum Gasteiger partial charge on any atom is 0.167 e. The first kappa shape index (κ1) is 8.87. The summed E-state index contributed by atoms with van der Waals surface area (Å²) in [6.45, 7) is 1.77. The second kappa shape index (κ2) is 3.21. The molecule has 1 aromatic heterocycles. The largest absolute Gasteiger partial charge is 0.494 e. The minimum atomic E-state index is -0.405. The lowest BCUT2D eigenvalue weighted by Gasteiger charge is -2.03.